The van der Waals surface area contributed by atoms with Crippen LogP contribution in [0.2, 0.25) is 0 Å². The number of ether oxygens (including phenoxy) is 1. The van der Waals surface area contributed by atoms with Crippen LogP contribution in [0.5, 0.6) is 5.75 Å². The van der Waals surface area contributed by atoms with E-state index in [9.17, 15) is 4.79 Å². The van der Waals surface area contributed by atoms with Gasteiger partial charge in [0.1, 0.15) is 5.75 Å². The van der Waals surface area contributed by atoms with Gasteiger partial charge >= 0.3 is 0 Å². The van der Waals surface area contributed by atoms with Gasteiger partial charge in [-0.1, -0.05) is 49.0 Å². The maximum Gasteiger partial charge on any atom is 0.238 e. The van der Waals surface area contributed by atoms with Gasteiger partial charge in [-0.25, -0.2) is 0 Å². The monoisotopic (exact) mass is 524 g/mol. The maximum absolute atomic E-state index is 12.5. The summed E-state index contributed by atoms with van der Waals surface area (Å²) in [5, 5.41) is 6.55. The Morgan fingerprint density at radius 3 is 1.85 bits per heavy atom. The Hall–Kier alpha value is -3.61. The Kier molecular flexibility index (Phi) is 8.96. The summed E-state index contributed by atoms with van der Waals surface area (Å²) in [7, 11) is 1.72. The highest BCUT2D eigenvalue weighted by molar-refractivity contribution is 5.92. The molecule has 1 unspecified atom stereocenters. The smallest absolute Gasteiger partial charge is 0.238 e. The number of para-hydroxylation sites is 1. The normalized spacial score (nSPS) is 16.6. The molecule has 204 valence electrons. The third kappa shape index (κ3) is 7.08. The number of nitrogens with one attached hydrogen (secondary N) is 2. The van der Waals surface area contributed by atoms with E-state index in [1.54, 1.807) is 7.11 Å². The summed E-state index contributed by atoms with van der Waals surface area (Å²) in [6.45, 7) is 9.90. The molecule has 0 bridgehead atoms. The van der Waals surface area contributed by atoms with Crippen LogP contribution in [0.4, 0.5) is 11.4 Å². The average Bonchev–Trinajstić information content (AvgIpc) is 3.66. The van der Waals surface area contributed by atoms with Crippen LogP contribution >= 0.6 is 0 Å². The highest BCUT2D eigenvalue weighted by Crippen LogP contribution is 2.38. The molecule has 0 saturated carbocycles. The molecule has 3 aromatic rings. The SMILES string of the molecule is C=C(CN1CCCC1)Nc1ccc(C(c2ccc(NC(=O)CN3CCCC3)cc2)c2ccccc2OC)cc1. The second-order valence-corrected chi connectivity index (χ2v) is 10.7. The molecule has 2 aliphatic heterocycles. The van der Waals surface area contributed by atoms with Crippen molar-refractivity contribution < 1.29 is 9.53 Å². The minimum Gasteiger partial charge on any atom is -0.496 e. The zero-order valence-electron chi connectivity index (χ0n) is 23.0. The fourth-order valence-corrected chi connectivity index (χ4v) is 5.77. The van der Waals surface area contributed by atoms with Gasteiger partial charge in [0.15, 0.2) is 0 Å². The molecule has 0 spiro atoms. The molecule has 2 N–H and O–H groups in total. The second kappa shape index (κ2) is 13.0. The number of nitrogens with zero attached hydrogens (tertiary/aromatic N) is 2. The van der Waals surface area contributed by atoms with E-state index in [2.05, 4.69) is 75.5 Å². The Labute approximate surface area is 232 Å². The molecule has 2 heterocycles. The maximum atomic E-state index is 12.5. The molecule has 0 aliphatic carbocycles. The summed E-state index contributed by atoms with van der Waals surface area (Å²) in [5.41, 5.74) is 6.28. The lowest BCUT2D eigenvalue weighted by Gasteiger charge is -2.22. The van der Waals surface area contributed by atoms with Crippen molar-refractivity contribution in [3.8, 4) is 5.75 Å². The Bertz CT molecular complexity index is 1170. The van der Waals surface area contributed by atoms with Crippen LogP contribution in [0.15, 0.2) is 85.1 Å². The number of hydrogen-bond acceptors (Lipinski definition) is 5. The number of methoxy groups -OCH3 is 1. The molecule has 2 saturated heterocycles. The van der Waals surface area contributed by atoms with Crippen molar-refractivity contribution in [2.75, 3.05) is 57.0 Å². The van der Waals surface area contributed by atoms with Crippen LogP contribution in [-0.4, -0.2) is 62.1 Å². The molecule has 1 atom stereocenters. The highest BCUT2D eigenvalue weighted by Gasteiger charge is 2.21. The van der Waals surface area contributed by atoms with Crippen molar-refractivity contribution in [2.24, 2.45) is 0 Å². The summed E-state index contributed by atoms with van der Waals surface area (Å²) in [4.78, 5) is 17.2. The van der Waals surface area contributed by atoms with Crippen LogP contribution in [0.1, 0.15) is 48.3 Å². The third-order valence-electron chi connectivity index (χ3n) is 7.72. The quantitative estimate of drug-likeness (QED) is 0.305. The van der Waals surface area contributed by atoms with Gasteiger partial charge < -0.3 is 15.4 Å². The molecular weight excluding hydrogens is 484 g/mol. The van der Waals surface area contributed by atoms with Gasteiger partial charge in [-0.05, 0) is 93.3 Å². The fraction of sp³-hybridized carbons (Fsp3) is 0.364. The summed E-state index contributed by atoms with van der Waals surface area (Å²) in [6.07, 6.45) is 4.91. The van der Waals surface area contributed by atoms with Crippen LogP contribution in [0.3, 0.4) is 0 Å². The van der Waals surface area contributed by atoms with Crippen molar-refractivity contribution in [1.29, 1.82) is 0 Å². The lowest BCUT2D eigenvalue weighted by atomic mass is 9.84. The number of carbonyl (C=O) groups excluding carboxylic acids is 1. The molecule has 0 aromatic heterocycles. The van der Waals surface area contributed by atoms with E-state index < -0.39 is 0 Å². The van der Waals surface area contributed by atoms with E-state index in [-0.39, 0.29) is 11.8 Å². The molecule has 3 aromatic carbocycles. The lowest BCUT2D eigenvalue weighted by molar-refractivity contribution is -0.117. The number of carbonyl (C=O) groups is 1. The van der Waals surface area contributed by atoms with Crippen LogP contribution < -0.4 is 15.4 Å². The zero-order chi connectivity index (χ0) is 27.0. The van der Waals surface area contributed by atoms with Gasteiger partial charge in [0, 0.05) is 35.1 Å². The van der Waals surface area contributed by atoms with Gasteiger partial charge in [0.2, 0.25) is 5.91 Å². The molecular formula is C33H40N4O2. The predicted molar refractivity (Wildman–Crippen MR) is 160 cm³/mol. The minimum atomic E-state index is -0.0163. The predicted octanol–water partition coefficient (Wildman–Crippen LogP) is 5.93. The van der Waals surface area contributed by atoms with E-state index in [1.165, 1.54) is 31.2 Å². The van der Waals surface area contributed by atoms with E-state index in [0.717, 1.165) is 66.7 Å². The van der Waals surface area contributed by atoms with Crippen molar-refractivity contribution >= 4 is 17.3 Å². The Morgan fingerprint density at radius 2 is 1.28 bits per heavy atom. The van der Waals surface area contributed by atoms with Gasteiger partial charge in [-0.2, -0.15) is 0 Å². The van der Waals surface area contributed by atoms with Crippen molar-refractivity contribution in [3.63, 3.8) is 0 Å². The van der Waals surface area contributed by atoms with Crippen molar-refractivity contribution in [2.45, 2.75) is 31.6 Å². The lowest BCUT2D eigenvalue weighted by Crippen LogP contribution is -2.30. The Morgan fingerprint density at radius 1 is 0.769 bits per heavy atom. The minimum absolute atomic E-state index is 0.0163. The van der Waals surface area contributed by atoms with E-state index in [4.69, 9.17) is 4.74 Å². The van der Waals surface area contributed by atoms with Gasteiger partial charge in [0.05, 0.1) is 13.7 Å². The molecule has 2 aliphatic rings. The summed E-state index contributed by atoms with van der Waals surface area (Å²) < 4.78 is 5.76. The number of likely N-dealkylation sites (tertiary alicyclic amines) is 2. The standard InChI is InChI=1S/C33H40N4O2/c1-25(23-36-19-5-6-20-36)34-28-15-11-26(12-16-28)33(30-9-3-4-10-31(30)39-2)27-13-17-29(18-14-27)35-32(38)24-37-21-7-8-22-37/h3-4,9-18,33-34H,1,5-8,19-24H2,2H3,(H,35,38). The molecule has 1 amide bonds. The van der Waals surface area contributed by atoms with Crippen LogP contribution in [0, 0.1) is 0 Å². The second-order valence-electron chi connectivity index (χ2n) is 10.7. The molecule has 5 rings (SSSR count). The number of rotatable bonds is 11. The van der Waals surface area contributed by atoms with Gasteiger partial charge in [-0.3, -0.25) is 14.6 Å². The summed E-state index contributed by atoms with van der Waals surface area (Å²) in [6, 6.07) is 25.0. The topological polar surface area (TPSA) is 56.8 Å². The number of hydrogen-bond donors (Lipinski definition) is 2. The summed E-state index contributed by atoms with van der Waals surface area (Å²) >= 11 is 0. The molecule has 2 fully saturated rings. The van der Waals surface area contributed by atoms with Gasteiger partial charge in [-0.15, -0.1) is 0 Å². The zero-order valence-corrected chi connectivity index (χ0v) is 23.0. The fourth-order valence-electron chi connectivity index (χ4n) is 5.77. The molecule has 6 heteroatoms. The average molecular weight is 525 g/mol. The van der Waals surface area contributed by atoms with Crippen LogP contribution in [-0.2, 0) is 4.79 Å². The first kappa shape index (κ1) is 27.0. The van der Waals surface area contributed by atoms with E-state index >= 15 is 0 Å². The molecule has 39 heavy (non-hydrogen) atoms. The first-order chi connectivity index (χ1) is 19.1. The van der Waals surface area contributed by atoms with Crippen LogP contribution in [0.25, 0.3) is 0 Å². The van der Waals surface area contributed by atoms with E-state index in [1.807, 2.05) is 24.3 Å². The molecule has 0 radical (unpaired) electrons. The van der Waals surface area contributed by atoms with Crippen molar-refractivity contribution in [3.05, 3.63) is 102 Å². The largest absolute Gasteiger partial charge is 0.496 e. The van der Waals surface area contributed by atoms with E-state index in [0.29, 0.717) is 6.54 Å². The highest BCUT2D eigenvalue weighted by atomic mass is 16.5. The first-order valence-corrected chi connectivity index (χ1v) is 14.1. The third-order valence-corrected chi connectivity index (χ3v) is 7.72. The molecule has 6 nitrogen and oxygen atoms in total. The number of benzene rings is 3. The first-order valence-electron chi connectivity index (χ1n) is 14.1. The Balaban J connectivity index is 1.33. The number of amides is 1. The number of anilines is 2. The van der Waals surface area contributed by atoms with Crippen molar-refractivity contribution in [1.82, 2.24) is 9.80 Å². The van der Waals surface area contributed by atoms with Gasteiger partial charge in [0.25, 0.3) is 0 Å². The summed E-state index contributed by atoms with van der Waals surface area (Å²) in [5.74, 6) is 0.879.